The van der Waals surface area contributed by atoms with Crippen molar-refractivity contribution in [2.24, 2.45) is 13.0 Å². The molecule has 0 saturated carbocycles. The number of nitrogens with one attached hydrogen (secondary N) is 2. The summed E-state index contributed by atoms with van der Waals surface area (Å²) in [5.41, 5.74) is 0. The lowest BCUT2D eigenvalue weighted by Gasteiger charge is -2.09. The zero-order chi connectivity index (χ0) is 12.3. The van der Waals surface area contributed by atoms with Gasteiger partial charge in [-0.05, 0) is 41.8 Å². The highest BCUT2D eigenvalue weighted by Crippen LogP contribution is 2.21. The molecule has 0 aliphatic carbocycles. The predicted molar refractivity (Wildman–Crippen MR) is 63.9 cm³/mol. The van der Waals surface area contributed by atoms with Crippen molar-refractivity contribution in [3.8, 4) is 0 Å². The summed E-state index contributed by atoms with van der Waals surface area (Å²) in [6, 6.07) is 0. The van der Waals surface area contributed by atoms with Gasteiger partial charge in [0, 0.05) is 13.6 Å². The van der Waals surface area contributed by atoms with E-state index in [0.717, 1.165) is 26.1 Å². The Labute approximate surface area is 99.4 Å². The number of nitrogens with zero attached hydrogens (tertiary/aromatic N) is 3. The molecular formula is C10H17N5O2. The monoisotopic (exact) mass is 239 g/mol. The lowest BCUT2D eigenvalue weighted by Crippen LogP contribution is -2.14. The predicted octanol–water partition coefficient (Wildman–Crippen LogP) is 0.740. The zero-order valence-electron chi connectivity index (χ0n) is 9.85. The van der Waals surface area contributed by atoms with E-state index in [2.05, 4.69) is 15.6 Å². The minimum Gasteiger partial charge on any atom is -0.364 e. The van der Waals surface area contributed by atoms with Gasteiger partial charge in [-0.15, -0.1) is 0 Å². The van der Waals surface area contributed by atoms with Crippen LogP contribution in [0.15, 0.2) is 6.33 Å². The van der Waals surface area contributed by atoms with Crippen molar-refractivity contribution in [3.63, 3.8) is 0 Å². The van der Waals surface area contributed by atoms with Gasteiger partial charge in [-0.1, -0.05) is 0 Å². The lowest BCUT2D eigenvalue weighted by molar-refractivity contribution is -0.388. The van der Waals surface area contributed by atoms with Gasteiger partial charge >= 0.3 is 5.82 Å². The molecule has 2 heterocycles. The molecule has 0 radical (unpaired) electrons. The zero-order valence-corrected chi connectivity index (χ0v) is 9.85. The average molecular weight is 239 g/mol. The first-order chi connectivity index (χ1) is 8.18. The number of nitro groups is 1. The maximum Gasteiger partial charge on any atom is 0.406 e. The van der Waals surface area contributed by atoms with E-state index >= 15 is 0 Å². The smallest absolute Gasteiger partial charge is 0.364 e. The van der Waals surface area contributed by atoms with E-state index in [1.807, 2.05) is 0 Å². The van der Waals surface area contributed by atoms with E-state index in [4.69, 9.17) is 0 Å². The van der Waals surface area contributed by atoms with Gasteiger partial charge in [0.15, 0.2) is 0 Å². The molecule has 0 amide bonds. The molecule has 1 fully saturated rings. The summed E-state index contributed by atoms with van der Waals surface area (Å²) in [5.74, 6) is 1.06. The van der Waals surface area contributed by atoms with Crippen molar-refractivity contribution in [3.05, 3.63) is 16.4 Å². The minimum atomic E-state index is -0.459. The third-order valence-corrected chi connectivity index (χ3v) is 3.10. The maximum absolute atomic E-state index is 10.7. The first-order valence-electron chi connectivity index (χ1n) is 5.78. The first kappa shape index (κ1) is 11.8. The van der Waals surface area contributed by atoms with Gasteiger partial charge in [-0.2, -0.15) is 0 Å². The average Bonchev–Trinajstić information content (AvgIpc) is 2.89. The molecule has 1 aliphatic heterocycles. The summed E-state index contributed by atoms with van der Waals surface area (Å²) in [4.78, 5) is 14.0. The topological polar surface area (TPSA) is 85.0 Å². The molecular weight excluding hydrogens is 222 g/mol. The van der Waals surface area contributed by atoms with Gasteiger partial charge in [0.25, 0.3) is 0 Å². The largest absolute Gasteiger partial charge is 0.406 e. The molecule has 1 aliphatic rings. The standard InChI is InChI=1S/C10H17N5O2/c1-14-7-13-10(15(16)17)9(14)12-5-3-8-2-4-11-6-8/h7-8,11-12H,2-6H2,1H3. The molecule has 94 valence electrons. The van der Waals surface area contributed by atoms with Crippen molar-refractivity contribution < 1.29 is 4.92 Å². The van der Waals surface area contributed by atoms with E-state index in [9.17, 15) is 10.1 Å². The number of rotatable bonds is 5. The van der Waals surface area contributed by atoms with Crippen molar-refractivity contribution >= 4 is 11.6 Å². The van der Waals surface area contributed by atoms with Gasteiger partial charge in [0.2, 0.25) is 12.1 Å². The minimum absolute atomic E-state index is 0.1000. The van der Waals surface area contributed by atoms with Crippen LogP contribution in [0.2, 0.25) is 0 Å². The van der Waals surface area contributed by atoms with Gasteiger partial charge in [-0.25, -0.2) is 0 Å². The molecule has 0 spiro atoms. The fraction of sp³-hybridized carbons (Fsp3) is 0.700. The molecule has 1 saturated heterocycles. The third kappa shape index (κ3) is 2.73. The highest BCUT2D eigenvalue weighted by Gasteiger charge is 2.20. The summed E-state index contributed by atoms with van der Waals surface area (Å²) >= 11 is 0. The molecule has 1 atom stereocenters. The number of hydrogen-bond donors (Lipinski definition) is 2. The van der Waals surface area contributed by atoms with Gasteiger partial charge in [-0.3, -0.25) is 4.57 Å². The number of anilines is 1. The van der Waals surface area contributed by atoms with Crippen LogP contribution in [0.5, 0.6) is 0 Å². The summed E-state index contributed by atoms with van der Waals surface area (Å²) in [6.07, 6.45) is 3.67. The van der Waals surface area contributed by atoms with Gasteiger partial charge in [0.1, 0.15) is 0 Å². The Bertz CT molecular complexity index is 397. The second-order valence-electron chi connectivity index (χ2n) is 4.36. The highest BCUT2D eigenvalue weighted by atomic mass is 16.6. The second-order valence-corrected chi connectivity index (χ2v) is 4.36. The van der Waals surface area contributed by atoms with Crippen LogP contribution in [-0.4, -0.2) is 34.1 Å². The van der Waals surface area contributed by atoms with Crippen LogP contribution in [0.3, 0.4) is 0 Å². The molecule has 0 bridgehead atoms. The third-order valence-electron chi connectivity index (χ3n) is 3.10. The molecule has 2 rings (SSSR count). The molecule has 7 heteroatoms. The number of aromatic nitrogens is 2. The maximum atomic E-state index is 10.7. The number of hydrogen-bond acceptors (Lipinski definition) is 5. The molecule has 1 aromatic rings. The Morgan fingerprint density at radius 1 is 1.76 bits per heavy atom. The number of imidazole rings is 1. The summed E-state index contributed by atoms with van der Waals surface area (Å²) in [5, 5.41) is 17.1. The van der Waals surface area contributed by atoms with Crippen LogP contribution in [0, 0.1) is 16.0 Å². The van der Waals surface area contributed by atoms with E-state index in [1.165, 1.54) is 12.7 Å². The molecule has 1 aromatic heterocycles. The lowest BCUT2D eigenvalue weighted by atomic mass is 10.1. The van der Waals surface area contributed by atoms with Crippen molar-refractivity contribution in [2.45, 2.75) is 12.8 Å². The fourth-order valence-corrected chi connectivity index (χ4v) is 2.11. The van der Waals surface area contributed by atoms with E-state index < -0.39 is 4.92 Å². The summed E-state index contributed by atoms with van der Waals surface area (Å²) in [6.45, 7) is 2.87. The Morgan fingerprint density at radius 3 is 3.24 bits per heavy atom. The van der Waals surface area contributed by atoms with E-state index in [1.54, 1.807) is 11.6 Å². The fourth-order valence-electron chi connectivity index (χ4n) is 2.11. The van der Waals surface area contributed by atoms with E-state index in [0.29, 0.717) is 11.7 Å². The van der Waals surface area contributed by atoms with Crippen LogP contribution in [-0.2, 0) is 7.05 Å². The quantitative estimate of drug-likeness (QED) is 0.584. The molecule has 7 nitrogen and oxygen atoms in total. The number of aryl methyl sites for hydroxylation is 1. The molecule has 2 N–H and O–H groups in total. The first-order valence-corrected chi connectivity index (χ1v) is 5.78. The van der Waals surface area contributed by atoms with Crippen LogP contribution in [0.1, 0.15) is 12.8 Å². The van der Waals surface area contributed by atoms with Crippen LogP contribution >= 0.6 is 0 Å². The molecule has 1 unspecified atom stereocenters. The van der Waals surface area contributed by atoms with Crippen molar-refractivity contribution in [1.82, 2.24) is 14.9 Å². The Morgan fingerprint density at radius 2 is 2.59 bits per heavy atom. The van der Waals surface area contributed by atoms with Gasteiger partial charge in [0.05, 0.1) is 0 Å². The van der Waals surface area contributed by atoms with Crippen LogP contribution in [0.4, 0.5) is 11.6 Å². The van der Waals surface area contributed by atoms with Crippen molar-refractivity contribution in [1.29, 1.82) is 0 Å². The Balaban J connectivity index is 1.89. The van der Waals surface area contributed by atoms with Gasteiger partial charge < -0.3 is 20.7 Å². The molecule has 17 heavy (non-hydrogen) atoms. The SMILES string of the molecule is Cn1cnc([N+](=O)[O-])c1NCCC1CCNC1. The normalized spacial score (nSPS) is 19.5. The molecule has 0 aromatic carbocycles. The highest BCUT2D eigenvalue weighted by molar-refractivity contribution is 5.51. The van der Waals surface area contributed by atoms with Crippen LogP contribution in [0.25, 0.3) is 0 Å². The second kappa shape index (κ2) is 5.13. The summed E-state index contributed by atoms with van der Waals surface area (Å²) < 4.78 is 1.64. The Hall–Kier alpha value is -1.63. The van der Waals surface area contributed by atoms with Crippen LogP contribution < -0.4 is 10.6 Å². The van der Waals surface area contributed by atoms with E-state index in [-0.39, 0.29) is 5.82 Å². The van der Waals surface area contributed by atoms with Crippen molar-refractivity contribution in [2.75, 3.05) is 25.0 Å². The Kier molecular flexibility index (Phi) is 3.58. The summed E-state index contributed by atoms with van der Waals surface area (Å²) in [7, 11) is 1.75.